The molecule has 0 saturated heterocycles. The number of aryl methyl sites for hydroxylation is 1. The molecule has 1 aromatic carbocycles. The molecule has 214 valence electrons. The lowest BCUT2D eigenvalue weighted by molar-refractivity contribution is 0.0411. The summed E-state index contributed by atoms with van der Waals surface area (Å²) >= 11 is 0. The zero-order valence-corrected chi connectivity index (χ0v) is 23.4. The van der Waals surface area contributed by atoms with Crippen LogP contribution in [-0.2, 0) is 11.8 Å². The van der Waals surface area contributed by atoms with E-state index in [9.17, 15) is 9.90 Å². The Hall–Kier alpha value is -4.55. The van der Waals surface area contributed by atoms with Crippen LogP contribution in [0.4, 0.5) is 23.0 Å². The van der Waals surface area contributed by atoms with Crippen molar-refractivity contribution in [1.82, 2.24) is 24.7 Å². The Labute approximate surface area is 237 Å². The zero-order valence-electron chi connectivity index (χ0n) is 23.4. The third-order valence-corrected chi connectivity index (χ3v) is 6.71. The molecular weight excluding hydrogens is 526 g/mol. The molecule has 1 atom stereocenters. The normalized spacial score (nSPS) is 13.5. The van der Waals surface area contributed by atoms with Gasteiger partial charge in [0.25, 0.3) is 0 Å². The Balaban J connectivity index is 1.46. The lowest BCUT2D eigenvalue weighted by Crippen LogP contribution is -2.26. The molecule has 0 radical (unpaired) electrons. The van der Waals surface area contributed by atoms with Crippen LogP contribution >= 0.6 is 0 Å². The summed E-state index contributed by atoms with van der Waals surface area (Å²) in [6.45, 7) is 0.0841. The van der Waals surface area contributed by atoms with E-state index >= 15 is 0 Å². The topological polar surface area (TPSA) is 137 Å². The maximum absolute atomic E-state index is 13.3. The number of nitrogens with zero attached hydrogens (tertiary/aromatic N) is 6. The first-order valence-electron chi connectivity index (χ1n) is 13.2. The monoisotopic (exact) mass is 559 g/mol. The molecule has 1 fully saturated rings. The number of para-hydroxylation sites is 1. The number of hydrogen-bond acceptors (Lipinski definition) is 11. The maximum atomic E-state index is 13.3. The van der Waals surface area contributed by atoms with Gasteiger partial charge in [0.1, 0.15) is 29.8 Å². The molecule has 3 aromatic heterocycles. The van der Waals surface area contributed by atoms with E-state index in [1.165, 1.54) is 0 Å². The fourth-order valence-electron chi connectivity index (χ4n) is 4.48. The average Bonchev–Trinajstić information content (AvgIpc) is 3.76. The van der Waals surface area contributed by atoms with Gasteiger partial charge in [-0.1, -0.05) is 6.07 Å². The number of carbonyl (C=O) groups excluding carboxylic acids is 1. The molecule has 1 aliphatic rings. The average molecular weight is 560 g/mol. The van der Waals surface area contributed by atoms with E-state index in [0.29, 0.717) is 40.2 Å². The van der Waals surface area contributed by atoms with Crippen LogP contribution in [0.3, 0.4) is 0 Å². The van der Waals surface area contributed by atoms with Crippen molar-refractivity contribution < 1.29 is 24.1 Å². The number of methoxy groups -OCH3 is 2. The second kappa shape index (κ2) is 12.3. The minimum atomic E-state index is -0.485. The minimum absolute atomic E-state index is 0.0174. The minimum Gasteiger partial charge on any atom is -0.494 e. The van der Waals surface area contributed by atoms with Crippen LogP contribution in [0.1, 0.15) is 23.2 Å². The van der Waals surface area contributed by atoms with Gasteiger partial charge in [-0.25, -0.2) is 15.0 Å². The summed E-state index contributed by atoms with van der Waals surface area (Å²) in [6.07, 6.45) is 6.08. The quantitative estimate of drug-likeness (QED) is 0.232. The molecule has 0 aliphatic heterocycles. The van der Waals surface area contributed by atoms with Crippen LogP contribution < -0.4 is 19.7 Å². The Morgan fingerprint density at radius 2 is 1.93 bits per heavy atom. The second-order valence-electron chi connectivity index (χ2n) is 9.77. The van der Waals surface area contributed by atoms with Crippen molar-refractivity contribution in [2.75, 3.05) is 44.7 Å². The number of nitrogens with one attached hydrogen (secondary N) is 1. The number of rotatable bonds is 13. The Kier molecular flexibility index (Phi) is 8.41. The zero-order chi connectivity index (χ0) is 28.9. The molecule has 12 heteroatoms. The molecule has 0 spiro atoms. The van der Waals surface area contributed by atoms with E-state index in [4.69, 9.17) is 14.2 Å². The van der Waals surface area contributed by atoms with E-state index in [-0.39, 0.29) is 24.9 Å². The van der Waals surface area contributed by atoms with Gasteiger partial charge in [0.05, 0.1) is 49.0 Å². The second-order valence-corrected chi connectivity index (χ2v) is 9.77. The van der Waals surface area contributed by atoms with Crippen molar-refractivity contribution in [3.8, 4) is 22.9 Å². The van der Waals surface area contributed by atoms with Gasteiger partial charge in [0.15, 0.2) is 17.4 Å². The Bertz CT molecular complexity index is 1500. The summed E-state index contributed by atoms with van der Waals surface area (Å²) < 4.78 is 18.2. The predicted molar refractivity (Wildman–Crippen MR) is 153 cm³/mol. The van der Waals surface area contributed by atoms with E-state index < -0.39 is 6.10 Å². The summed E-state index contributed by atoms with van der Waals surface area (Å²) in [4.78, 5) is 28.5. The van der Waals surface area contributed by atoms with Crippen molar-refractivity contribution in [1.29, 1.82) is 0 Å². The number of aromatic nitrogens is 5. The van der Waals surface area contributed by atoms with Gasteiger partial charge >= 0.3 is 0 Å². The molecule has 1 saturated carbocycles. The molecule has 0 bridgehead atoms. The number of Topliss-reactive ketones (excluding diaryl/α,β-unsaturated/α-hetero) is 1. The number of ether oxygens (including phenoxy) is 3. The highest BCUT2D eigenvalue weighted by molar-refractivity contribution is 6.05. The van der Waals surface area contributed by atoms with Crippen LogP contribution in [0.5, 0.6) is 11.5 Å². The highest BCUT2D eigenvalue weighted by Crippen LogP contribution is 2.42. The molecule has 5 rings (SSSR count). The van der Waals surface area contributed by atoms with Gasteiger partial charge in [-0.2, -0.15) is 5.10 Å². The molecule has 0 amide bonds. The van der Waals surface area contributed by atoms with Gasteiger partial charge in [-0.05, 0) is 37.1 Å². The van der Waals surface area contributed by atoms with Gasteiger partial charge in [0.2, 0.25) is 0 Å². The van der Waals surface area contributed by atoms with Crippen LogP contribution in [0.15, 0.2) is 55.1 Å². The predicted octanol–water partition coefficient (Wildman–Crippen LogP) is 3.77. The number of carbonyl (C=O) groups is 1. The molecule has 12 nitrogen and oxygen atoms in total. The highest BCUT2D eigenvalue weighted by atomic mass is 16.5. The van der Waals surface area contributed by atoms with Crippen molar-refractivity contribution in [3.05, 3.63) is 60.7 Å². The third-order valence-electron chi connectivity index (χ3n) is 6.71. The van der Waals surface area contributed by atoms with Crippen LogP contribution in [0.2, 0.25) is 0 Å². The molecule has 1 aliphatic carbocycles. The Morgan fingerprint density at radius 1 is 1.12 bits per heavy atom. The van der Waals surface area contributed by atoms with Crippen LogP contribution in [-0.4, -0.2) is 76.2 Å². The molecule has 2 N–H and O–H groups in total. The molecular formula is C29H33N7O5. The summed E-state index contributed by atoms with van der Waals surface area (Å²) in [5, 5.41) is 17.1. The summed E-state index contributed by atoms with van der Waals surface area (Å²) in [7, 11) is 6.84. The van der Waals surface area contributed by atoms with E-state index in [1.807, 2.05) is 43.3 Å². The fourth-order valence-corrected chi connectivity index (χ4v) is 4.48. The number of hydrogen-bond donors (Lipinski definition) is 2. The first kappa shape index (κ1) is 28.0. The van der Waals surface area contributed by atoms with Gasteiger partial charge in [0, 0.05) is 39.4 Å². The number of aliphatic hydroxyl groups is 1. The molecule has 41 heavy (non-hydrogen) atoms. The lowest BCUT2D eigenvalue weighted by atomic mass is 10.1. The van der Waals surface area contributed by atoms with Crippen LogP contribution in [0, 0.1) is 5.92 Å². The van der Waals surface area contributed by atoms with Crippen molar-refractivity contribution in [2.45, 2.75) is 18.9 Å². The van der Waals surface area contributed by atoms with Crippen molar-refractivity contribution in [2.24, 2.45) is 13.0 Å². The first-order valence-corrected chi connectivity index (χ1v) is 13.2. The number of ketones is 1. The molecule has 4 aromatic rings. The SMILES string of the molecule is COCC(CO)Oc1ccc(Nc2cc(N(C)c3cccc(-c4ncn(C)n4)c3OC)c(C(=O)C3CC3)cn2)nc1. The first-order chi connectivity index (χ1) is 19.9. The smallest absolute Gasteiger partial charge is 0.184 e. The number of aliphatic hydroxyl groups excluding tert-OH is 1. The lowest BCUT2D eigenvalue weighted by Gasteiger charge is -2.25. The number of anilines is 4. The van der Waals surface area contributed by atoms with Gasteiger partial charge < -0.3 is 29.5 Å². The fraction of sp³-hybridized carbons (Fsp3) is 0.345. The van der Waals surface area contributed by atoms with Crippen molar-refractivity contribution >= 4 is 28.8 Å². The van der Waals surface area contributed by atoms with E-state index in [0.717, 1.165) is 24.1 Å². The molecule has 1 unspecified atom stereocenters. The molecule has 3 heterocycles. The Morgan fingerprint density at radius 3 is 2.56 bits per heavy atom. The van der Waals surface area contributed by atoms with Gasteiger partial charge in [-0.15, -0.1) is 0 Å². The number of pyridine rings is 2. The highest BCUT2D eigenvalue weighted by Gasteiger charge is 2.33. The maximum Gasteiger partial charge on any atom is 0.184 e. The van der Waals surface area contributed by atoms with E-state index in [1.54, 1.807) is 49.8 Å². The van der Waals surface area contributed by atoms with E-state index in [2.05, 4.69) is 25.4 Å². The number of benzene rings is 1. The van der Waals surface area contributed by atoms with Crippen molar-refractivity contribution in [3.63, 3.8) is 0 Å². The third kappa shape index (κ3) is 6.28. The largest absolute Gasteiger partial charge is 0.494 e. The van der Waals surface area contributed by atoms with Gasteiger partial charge in [-0.3, -0.25) is 9.48 Å². The summed E-state index contributed by atoms with van der Waals surface area (Å²) in [5.74, 6) is 2.76. The summed E-state index contributed by atoms with van der Waals surface area (Å²) in [6, 6.07) is 11.1. The van der Waals surface area contributed by atoms with Crippen LogP contribution in [0.25, 0.3) is 11.4 Å². The summed E-state index contributed by atoms with van der Waals surface area (Å²) in [5.41, 5.74) is 2.69. The standard InChI is InChI=1S/C29H33N7O5/c1-35-17-32-29(34-35)21-6-5-7-23(28(21)40-4)36(2)24-12-26(31-14-22(24)27(38)18-8-9-18)33-25-11-10-19(13-30-25)41-20(15-37)16-39-3/h5-7,10-14,17-18,20,37H,8-9,15-16H2,1-4H3,(H,30,31,33).